The number of nitriles is 1. The first-order chi connectivity index (χ1) is 8.85. The quantitative estimate of drug-likeness (QED) is 0.811. The minimum Gasteiger partial charge on any atom is -0.371 e. The van der Waals surface area contributed by atoms with Gasteiger partial charge in [-0.2, -0.15) is 5.26 Å². The summed E-state index contributed by atoms with van der Waals surface area (Å²) >= 11 is 1.64. The average Bonchev–Trinajstić information content (AvgIpc) is 2.86. The van der Waals surface area contributed by atoms with Crippen molar-refractivity contribution >= 4 is 11.3 Å². The number of hydrogen-bond acceptors (Lipinski definition) is 4. The molecule has 0 amide bonds. The molecule has 0 aliphatic heterocycles. The second kappa shape index (κ2) is 6.86. The van der Waals surface area contributed by atoms with Gasteiger partial charge in [0.25, 0.3) is 0 Å². The molecule has 1 aromatic heterocycles. The maximum absolute atomic E-state index is 8.70. The number of nitrogens with zero attached hydrogens (tertiary/aromatic N) is 2. The van der Waals surface area contributed by atoms with Crippen LogP contribution in [-0.4, -0.2) is 11.6 Å². The van der Waals surface area contributed by atoms with E-state index in [0.717, 1.165) is 17.3 Å². The van der Waals surface area contributed by atoms with Gasteiger partial charge in [-0.05, 0) is 25.7 Å². The summed E-state index contributed by atoms with van der Waals surface area (Å²) in [7, 11) is 0. The highest BCUT2D eigenvalue weighted by Gasteiger charge is 2.27. The van der Waals surface area contributed by atoms with E-state index in [1.165, 1.54) is 32.1 Å². The fraction of sp³-hybridized carbons (Fsp3) is 0.714. The molecule has 0 bridgehead atoms. The average molecular weight is 264 g/mol. The highest BCUT2D eigenvalue weighted by atomic mass is 32.1. The third kappa shape index (κ3) is 3.30. The van der Waals surface area contributed by atoms with Gasteiger partial charge >= 0.3 is 0 Å². The Kier molecular flexibility index (Phi) is 5.15. The molecule has 1 unspecified atom stereocenters. The second-order valence-corrected chi connectivity index (χ2v) is 5.68. The molecule has 18 heavy (non-hydrogen) atoms. The van der Waals surface area contributed by atoms with Gasteiger partial charge in [-0.15, -0.1) is 11.3 Å². The molecule has 1 heterocycles. The maximum atomic E-state index is 8.70. The molecular formula is C14H20N2OS. The first-order valence-electron chi connectivity index (χ1n) is 6.78. The van der Waals surface area contributed by atoms with Crippen molar-refractivity contribution in [3.63, 3.8) is 0 Å². The van der Waals surface area contributed by atoms with Crippen LogP contribution in [0.5, 0.6) is 0 Å². The molecule has 1 saturated carbocycles. The summed E-state index contributed by atoms with van der Waals surface area (Å²) in [4.78, 5) is 4.57. The Balaban J connectivity index is 2.09. The molecule has 0 radical (unpaired) electrons. The molecule has 2 rings (SSSR count). The Hall–Kier alpha value is -0.920. The van der Waals surface area contributed by atoms with E-state index in [9.17, 15) is 0 Å². The zero-order chi connectivity index (χ0) is 12.8. The summed E-state index contributed by atoms with van der Waals surface area (Å²) in [5, 5.41) is 11.8. The van der Waals surface area contributed by atoms with E-state index in [4.69, 9.17) is 10.00 Å². The van der Waals surface area contributed by atoms with Crippen LogP contribution in [0.15, 0.2) is 5.38 Å². The van der Waals surface area contributed by atoms with Gasteiger partial charge in [0.2, 0.25) is 0 Å². The van der Waals surface area contributed by atoms with Crippen molar-refractivity contribution in [3.05, 3.63) is 16.1 Å². The minimum atomic E-state index is 0.146. The molecule has 1 aliphatic carbocycles. The van der Waals surface area contributed by atoms with Crippen molar-refractivity contribution in [2.24, 2.45) is 5.92 Å². The van der Waals surface area contributed by atoms with Crippen LogP contribution < -0.4 is 0 Å². The Bertz CT molecular complexity index is 404. The predicted molar refractivity (Wildman–Crippen MR) is 72.4 cm³/mol. The Morgan fingerprint density at radius 1 is 1.50 bits per heavy atom. The second-order valence-electron chi connectivity index (χ2n) is 4.79. The predicted octanol–water partition coefficient (Wildman–Crippen LogP) is 3.87. The topological polar surface area (TPSA) is 45.9 Å². The van der Waals surface area contributed by atoms with Crippen LogP contribution >= 0.6 is 11.3 Å². The Morgan fingerprint density at radius 2 is 2.28 bits per heavy atom. The third-order valence-corrected chi connectivity index (χ3v) is 4.45. The fourth-order valence-corrected chi connectivity index (χ4v) is 3.60. The van der Waals surface area contributed by atoms with Crippen molar-refractivity contribution in [1.29, 1.82) is 5.26 Å². The van der Waals surface area contributed by atoms with E-state index in [2.05, 4.69) is 11.1 Å². The van der Waals surface area contributed by atoms with Crippen molar-refractivity contribution in [2.45, 2.75) is 51.6 Å². The van der Waals surface area contributed by atoms with Crippen molar-refractivity contribution in [1.82, 2.24) is 4.98 Å². The number of hydrogen-bond donors (Lipinski definition) is 0. The van der Waals surface area contributed by atoms with Crippen LogP contribution in [0.4, 0.5) is 0 Å². The molecule has 0 N–H and O–H groups in total. The summed E-state index contributed by atoms with van der Waals surface area (Å²) in [6, 6.07) is 2.15. The van der Waals surface area contributed by atoms with E-state index in [1.54, 1.807) is 11.3 Å². The van der Waals surface area contributed by atoms with Gasteiger partial charge in [0, 0.05) is 12.0 Å². The molecule has 4 heteroatoms. The lowest BCUT2D eigenvalue weighted by Gasteiger charge is -2.28. The summed E-state index contributed by atoms with van der Waals surface area (Å²) in [6.45, 7) is 2.77. The Morgan fingerprint density at radius 3 is 2.94 bits per heavy atom. The lowest BCUT2D eigenvalue weighted by atomic mass is 9.85. The molecule has 1 aromatic rings. The molecule has 1 fully saturated rings. The molecule has 0 saturated heterocycles. The summed E-state index contributed by atoms with van der Waals surface area (Å²) < 4.78 is 5.92. The first kappa shape index (κ1) is 13.5. The van der Waals surface area contributed by atoms with Gasteiger partial charge < -0.3 is 4.74 Å². The summed E-state index contributed by atoms with van der Waals surface area (Å²) in [6.07, 6.45) is 7.02. The molecule has 0 aromatic carbocycles. The molecule has 98 valence electrons. The zero-order valence-electron chi connectivity index (χ0n) is 10.9. The van der Waals surface area contributed by atoms with Crippen molar-refractivity contribution in [3.8, 4) is 6.07 Å². The molecular weight excluding hydrogens is 244 g/mol. The van der Waals surface area contributed by atoms with Crippen LogP contribution in [0.2, 0.25) is 0 Å². The first-order valence-corrected chi connectivity index (χ1v) is 7.66. The van der Waals surface area contributed by atoms with E-state index < -0.39 is 0 Å². The smallest absolute Gasteiger partial charge is 0.122 e. The minimum absolute atomic E-state index is 0.146. The van der Waals surface area contributed by atoms with Crippen LogP contribution in [-0.2, 0) is 11.2 Å². The van der Waals surface area contributed by atoms with Gasteiger partial charge in [-0.3, -0.25) is 0 Å². The van der Waals surface area contributed by atoms with Gasteiger partial charge in [0.15, 0.2) is 0 Å². The normalized spacial score (nSPS) is 18.4. The van der Waals surface area contributed by atoms with E-state index in [1.807, 2.05) is 12.3 Å². The number of ether oxygens (including phenoxy) is 1. The van der Waals surface area contributed by atoms with Gasteiger partial charge in [-0.1, -0.05) is 19.3 Å². The third-order valence-electron chi connectivity index (χ3n) is 3.50. The lowest BCUT2D eigenvalue weighted by Crippen LogP contribution is -2.19. The summed E-state index contributed by atoms with van der Waals surface area (Å²) in [5.74, 6) is 0.611. The lowest BCUT2D eigenvalue weighted by molar-refractivity contribution is 0.00544. The molecule has 3 nitrogen and oxygen atoms in total. The van der Waals surface area contributed by atoms with Gasteiger partial charge in [0.1, 0.15) is 11.1 Å². The largest absolute Gasteiger partial charge is 0.371 e. The number of rotatable bonds is 5. The van der Waals surface area contributed by atoms with E-state index >= 15 is 0 Å². The Labute approximate surface area is 113 Å². The van der Waals surface area contributed by atoms with Crippen molar-refractivity contribution < 1.29 is 4.74 Å². The van der Waals surface area contributed by atoms with Crippen molar-refractivity contribution in [2.75, 3.05) is 6.61 Å². The van der Waals surface area contributed by atoms with E-state index in [-0.39, 0.29) is 6.10 Å². The van der Waals surface area contributed by atoms with Crippen LogP contribution in [0, 0.1) is 17.2 Å². The maximum Gasteiger partial charge on any atom is 0.122 e. The number of aromatic nitrogens is 1. The van der Waals surface area contributed by atoms with Crippen LogP contribution in [0.3, 0.4) is 0 Å². The molecule has 0 spiro atoms. The zero-order valence-corrected chi connectivity index (χ0v) is 11.7. The van der Waals surface area contributed by atoms with Crippen LogP contribution in [0.1, 0.15) is 55.8 Å². The monoisotopic (exact) mass is 264 g/mol. The highest BCUT2D eigenvalue weighted by Crippen LogP contribution is 2.37. The van der Waals surface area contributed by atoms with Gasteiger partial charge in [-0.25, -0.2) is 4.98 Å². The van der Waals surface area contributed by atoms with E-state index in [0.29, 0.717) is 12.3 Å². The standard InChI is InChI=1S/C14H20N2OS/c1-2-17-13(11-6-4-3-5-7-11)14-16-12(8-9-15)10-18-14/h10-11,13H,2-8H2,1H3. The molecule has 1 atom stereocenters. The fourth-order valence-electron chi connectivity index (χ4n) is 2.64. The summed E-state index contributed by atoms with van der Waals surface area (Å²) in [5.41, 5.74) is 0.887. The number of thiazole rings is 1. The SMILES string of the molecule is CCOC(c1nc(CC#N)cs1)C1CCCCC1. The van der Waals surface area contributed by atoms with Gasteiger partial charge in [0.05, 0.1) is 18.2 Å². The van der Waals surface area contributed by atoms with Crippen LogP contribution in [0.25, 0.3) is 0 Å². The highest BCUT2D eigenvalue weighted by molar-refractivity contribution is 7.09. The molecule has 1 aliphatic rings.